The number of rotatable bonds is 8. The minimum Gasteiger partial charge on any atom is -0.459 e. The molecule has 0 atom stereocenters. The Morgan fingerprint density at radius 1 is 1.28 bits per heavy atom. The van der Waals surface area contributed by atoms with E-state index in [2.05, 4.69) is 32.9 Å². The fourth-order valence-electron chi connectivity index (χ4n) is 2.10. The molecule has 0 radical (unpaired) electrons. The number of carbonyl (C=O) groups excluding carboxylic acids is 1. The first-order valence-electron chi connectivity index (χ1n) is 8.37. The molecular formula is C17H25N5O2S. The van der Waals surface area contributed by atoms with Crippen LogP contribution in [0, 0.1) is 13.8 Å². The van der Waals surface area contributed by atoms with Crippen molar-refractivity contribution in [2.75, 3.05) is 26.2 Å². The molecule has 0 fully saturated rings. The molecule has 8 heteroatoms. The second-order valence-electron chi connectivity index (χ2n) is 5.42. The number of aryl methyl sites for hydroxylation is 2. The molecule has 1 amide bonds. The van der Waals surface area contributed by atoms with Gasteiger partial charge in [0.1, 0.15) is 0 Å². The second-order valence-corrected chi connectivity index (χ2v) is 6.71. The first-order chi connectivity index (χ1) is 12.1. The summed E-state index contributed by atoms with van der Waals surface area (Å²) in [5.74, 6) is 0.831. The number of aromatic nitrogens is 1. The van der Waals surface area contributed by atoms with Gasteiger partial charge >= 0.3 is 0 Å². The number of thiazole rings is 1. The highest BCUT2D eigenvalue weighted by Gasteiger charge is 2.07. The van der Waals surface area contributed by atoms with Crippen LogP contribution >= 0.6 is 11.3 Å². The summed E-state index contributed by atoms with van der Waals surface area (Å²) in [6.45, 7) is 8.64. The fraction of sp³-hybridized carbons (Fsp3) is 0.471. The predicted molar refractivity (Wildman–Crippen MR) is 100 cm³/mol. The number of hydrogen-bond donors (Lipinski definition) is 3. The van der Waals surface area contributed by atoms with Gasteiger partial charge in [-0.15, -0.1) is 11.3 Å². The van der Waals surface area contributed by atoms with Gasteiger partial charge in [-0.05, 0) is 32.9 Å². The summed E-state index contributed by atoms with van der Waals surface area (Å²) in [4.78, 5) is 22.1. The molecule has 136 valence electrons. The maximum Gasteiger partial charge on any atom is 0.287 e. The van der Waals surface area contributed by atoms with Gasteiger partial charge in [0.15, 0.2) is 11.7 Å². The van der Waals surface area contributed by atoms with Crippen molar-refractivity contribution in [1.82, 2.24) is 20.9 Å². The highest BCUT2D eigenvalue weighted by atomic mass is 32.1. The molecule has 0 aliphatic carbocycles. The lowest BCUT2D eigenvalue weighted by molar-refractivity contribution is 0.0926. The Labute approximate surface area is 151 Å². The molecule has 0 saturated carbocycles. The van der Waals surface area contributed by atoms with E-state index in [9.17, 15) is 4.79 Å². The van der Waals surface area contributed by atoms with Gasteiger partial charge < -0.3 is 20.4 Å². The van der Waals surface area contributed by atoms with Crippen LogP contribution in [-0.4, -0.2) is 43.0 Å². The van der Waals surface area contributed by atoms with Gasteiger partial charge in [-0.3, -0.25) is 9.79 Å². The largest absolute Gasteiger partial charge is 0.459 e. The molecule has 2 heterocycles. The van der Waals surface area contributed by atoms with Gasteiger partial charge in [0.2, 0.25) is 0 Å². The smallest absolute Gasteiger partial charge is 0.287 e. The van der Waals surface area contributed by atoms with E-state index in [1.54, 1.807) is 23.5 Å². The molecule has 2 aromatic rings. The third-order valence-corrected chi connectivity index (χ3v) is 4.59. The third kappa shape index (κ3) is 6.22. The summed E-state index contributed by atoms with van der Waals surface area (Å²) in [7, 11) is 0. The molecular weight excluding hydrogens is 338 g/mol. The molecule has 3 N–H and O–H groups in total. The average molecular weight is 363 g/mol. The topological polar surface area (TPSA) is 91.5 Å². The van der Waals surface area contributed by atoms with Gasteiger partial charge in [0, 0.05) is 37.5 Å². The number of guanidine groups is 1. The summed E-state index contributed by atoms with van der Waals surface area (Å²) in [5, 5.41) is 10.3. The van der Waals surface area contributed by atoms with Crippen LogP contribution in [0.4, 0.5) is 0 Å². The molecule has 0 spiro atoms. The minimum atomic E-state index is -0.219. The number of aliphatic imine (C=N–C) groups is 1. The Hall–Kier alpha value is -2.35. The highest BCUT2D eigenvalue weighted by Crippen LogP contribution is 2.16. The molecule has 2 aromatic heterocycles. The number of nitrogens with zero attached hydrogens (tertiary/aromatic N) is 2. The van der Waals surface area contributed by atoms with E-state index in [-0.39, 0.29) is 5.91 Å². The van der Waals surface area contributed by atoms with Crippen LogP contribution in [0.2, 0.25) is 0 Å². The first-order valence-corrected chi connectivity index (χ1v) is 9.18. The average Bonchev–Trinajstić information content (AvgIpc) is 3.22. The van der Waals surface area contributed by atoms with Crippen molar-refractivity contribution in [3.05, 3.63) is 39.7 Å². The summed E-state index contributed by atoms with van der Waals surface area (Å²) >= 11 is 1.73. The van der Waals surface area contributed by atoms with Crippen molar-refractivity contribution >= 4 is 23.2 Å². The maximum atomic E-state index is 11.8. The van der Waals surface area contributed by atoms with Gasteiger partial charge in [0.25, 0.3) is 5.91 Å². The van der Waals surface area contributed by atoms with Crippen LogP contribution in [0.25, 0.3) is 0 Å². The normalized spacial score (nSPS) is 11.4. The van der Waals surface area contributed by atoms with E-state index >= 15 is 0 Å². The molecule has 2 rings (SSSR count). The Kier molecular flexibility index (Phi) is 7.46. The van der Waals surface area contributed by atoms with Crippen LogP contribution in [0.15, 0.2) is 27.8 Å². The number of carbonyl (C=O) groups is 1. The summed E-state index contributed by atoms with van der Waals surface area (Å²) < 4.78 is 5.04. The predicted octanol–water partition coefficient (Wildman–Crippen LogP) is 1.88. The second kappa shape index (κ2) is 9.83. The number of furan rings is 1. The van der Waals surface area contributed by atoms with Crippen LogP contribution in [0.5, 0.6) is 0 Å². The van der Waals surface area contributed by atoms with Crippen LogP contribution in [0.3, 0.4) is 0 Å². The molecule has 0 aliphatic rings. The van der Waals surface area contributed by atoms with E-state index in [1.807, 2.05) is 13.8 Å². The zero-order valence-electron chi connectivity index (χ0n) is 14.9. The molecule has 0 aliphatic heterocycles. The van der Waals surface area contributed by atoms with Crippen molar-refractivity contribution < 1.29 is 9.21 Å². The molecule has 25 heavy (non-hydrogen) atoms. The van der Waals surface area contributed by atoms with Gasteiger partial charge in [-0.1, -0.05) is 0 Å². The van der Waals surface area contributed by atoms with Gasteiger partial charge in [-0.2, -0.15) is 0 Å². The Balaban J connectivity index is 1.72. The summed E-state index contributed by atoms with van der Waals surface area (Å²) in [6.07, 6.45) is 2.31. The SMILES string of the molecule is CCNC(=NCCc1nc(C)c(C)s1)NCCNC(=O)c1ccco1. The molecule has 0 bridgehead atoms. The van der Waals surface area contributed by atoms with Crippen molar-refractivity contribution in [3.8, 4) is 0 Å². The standard InChI is InChI=1S/C17H25N5O2S/c1-4-18-17(20-8-7-15-22-12(2)13(3)25-15)21-10-9-19-16(23)14-6-5-11-24-14/h5-6,11H,4,7-10H2,1-3H3,(H,19,23)(H2,18,20,21). The molecule has 0 saturated heterocycles. The quantitative estimate of drug-likeness (QED) is 0.378. The third-order valence-electron chi connectivity index (χ3n) is 3.46. The van der Waals surface area contributed by atoms with Gasteiger partial charge in [0.05, 0.1) is 17.0 Å². The number of nitrogens with one attached hydrogen (secondary N) is 3. The minimum absolute atomic E-state index is 0.219. The zero-order chi connectivity index (χ0) is 18.1. The fourth-order valence-corrected chi connectivity index (χ4v) is 3.03. The lowest BCUT2D eigenvalue weighted by atomic mass is 10.4. The molecule has 0 aromatic carbocycles. The number of hydrogen-bond acceptors (Lipinski definition) is 5. The maximum absolute atomic E-state index is 11.8. The Morgan fingerprint density at radius 3 is 2.72 bits per heavy atom. The summed E-state index contributed by atoms with van der Waals surface area (Å²) in [6, 6.07) is 3.32. The van der Waals surface area contributed by atoms with E-state index in [0.29, 0.717) is 25.4 Å². The van der Waals surface area contributed by atoms with E-state index in [0.717, 1.165) is 29.6 Å². The molecule has 0 unspecified atom stereocenters. The van der Waals surface area contributed by atoms with Crippen LogP contribution in [0.1, 0.15) is 33.1 Å². The first kappa shape index (κ1) is 19.0. The summed E-state index contributed by atoms with van der Waals surface area (Å²) in [5.41, 5.74) is 1.10. The van der Waals surface area contributed by atoms with E-state index < -0.39 is 0 Å². The van der Waals surface area contributed by atoms with Crippen molar-refractivity contribution in [1.29, 1.82) is 0 Å². The number of amides is 1. The van der Waals surface area contributed by atoms with Gasteiger partial charge in [-0.25, -0.2) is 4.98 Å². The van der Waals surface area contributed by atoms with Crippen LogP contribution < -0.4 is 16.0 Å². The lowest BCUT2D eigenvalue weighted by Gasteiger charge is -2.11. The highest BCUT2D eigenvalue weighted by molar-refractivity contribution is 7.11. The monoisotopic (exact) mass is 363 g/mol. The zero-order valence-corrected chi connectivity index (χ0v) is 15.7. The van der Waals surface area contributed by atoms with Crippen molar-refractivity contribution in [2.45, 2.75) is 27.2 Å². The van der Waals surface area contributed by atoms with Crippen molar-refractivity contribution in [3.63, 3.8) is 0 Å². The Morgan fingerprint density at radius 2 is 2.08 bits per heavy atom. The van der Waals surface area contributed by atoms with Crippen LogP contribution in [-0.2, 0) is 6.42 Å². The van der Waals surface area contributed by atoms with Crippen molar-refractivity contribution in [2.24, 2.45) is 4.99 Å². The van der Waals surface area contributed by atoms with E-state index in [4.69, 9.17) is 4.42 Å². The van der Waals surface area contributed by atoms with E-state index in [1.165, 1.54) is 11.1 Å². The molecule has 7 nitrogen and oxygen atoms in total. The lowest BCUT2D eigenvalue weighted by Crippen LogP contribution is -2.41. The Bertz CT molecular complexity index is 674.